The van der Waals surface area contributed by atoms with Crippen LogP contribution >= 0.6 is 11.6 Å². The molecule has 2 aromatic rings. The van der Waals surface area contributed by atoms with Gasteiger partial charge in [-0.3, -0.25) is 14.4 Å². The number of aromatic nitrogens is 1. The first-order chi connectivity index (χ1) is 11.3. The number of aliphatic imine (C=N–C) groups is 1. The molecule has 0 aliphatic heterocycles. The van der Waals surface area contributed by atoms with Crippen molar-refractivity contribution in [1.82, 2.24) is 4.57 Å². The average Bonchev–Trinajstić information content (AvgIpc) is 2.53. The second kappa shape index (κ2) is 7.33. The van der Waals surface area contributed by atoms with Crippen molar-refractivity contribution in [3.8, 4) is 11.9 Å². The van der Waals surface area contributed by atoms with Crippen LogP contribution in [0.4, 0.5) is 5.69 Å². The molecule has 2 rings (SSSR count). The molecule has 0 aliphatic carbocycles. The van der Waals surface area contributed by atoms with E-state index in [1.807, 2.05) is 19.9 Å². The largest absolute Gasteiger partial charge is 0.494 e. The van der Waals surface area contributed by atoms with Crippen LogP contribution in [0.3, 0.4) is 0 Å². The molecule has 0 radical (unpaired) electrons. The number of rotatable bonds is 4. The smallest absolute Gasteiger partial charge is 0.271 e. The maximum Gasteiger partial charge on any atom is 0.271 e. The van der Waals surface area contributed by atoms with Gasteiger partial charge in [0.2, 0.25) is 5.88 Å². The van der Waals surface area contributed by atoms with Crippen LogP contribution in [0, 0.1) is 24.2 Å². The quantitative estimate of drug-likeness (QED) is 0.858. The summed E-state index contributed by atoms with van der Waals surface area (Å²) in [5.41, 5.74) is 0.966. The van der Waals surface area contributed by atoms with Crippen molar-refractivity contribution in [3.63, 3.8) is 0 Å². The zero-order valence-corrected chi connectivity index (χ0v) is 14.5. The molecule has 6 heteroatoms. The lowest BCUT2D eigenvalue weighted by Gasteiger charge is -2.15. The molecule has 0 saturated carbocycles. The lowest BCUT2D eigenvalue weighted by molar-refractivity contribution is 0.381. The summed E-state index contributed by atoms with van der Waals surface area (Å²) >= 11 is 5.84. The van der Waals surface area contributed by atoms with Crippen LogP contribution in [-0.2, 0) is 6.54 Å². The number of nitriles is 1. The highest BCUT2D eigenvalue weighted by Crippen LogP contribution is 2.22. The number of aromatic hydroxyl groups is 1. The summed E-state index contributed by atoms with van der Waals surface area (Å²) in [6.07, 6.45) is 1.46. The molecule has 0 aliphatic rings. The first-order valence-electron chi connectivity index (χ1n) is 7.51. The summed E-state index contributed by atoms with van der Waals surface area (Å²) < 4.78 is 1.22. The van der Waals surface area contributed by atoms with Crippen LogP contribution in [0.5, 0.6) is 5.88 Å². The van der Waals surface area contributed by atoms with E-state index in [2.05, 4.69) is 4.99 Å². The lowest BCUT2D eigenvalue weighted by atomic mass is 10.1. The predicted octanol–water partition coefficient (Wildman–Crippen LogP) is 3.79. The average molecular weight is 344 g/mol. The minimum absolute atomic E-state index is 0.0195. The number of benzene rings is 1. The third kappa shape index (κ3) is 3.66. The highest BCUT2D eigenvalue weighted by Gasteiger charge is 2.18. The summed E-state index contributed by atoms with van der Waals surface area (Å²) in [7, 11) is 0. The third-order valence-corrected chi connectivity index (χ3v) is 3.82. The van der Waals surface area contributed by atoms with E-state index in [1.54, 1.807) is 31.2 Å². The van der Waals surface area contributed by atoms with Crippen LogP contribution in [0.15, 0.2) is 34.1 Å². The molecule has 0 atom stereocenters. The van der Waals surface area contributed by atoms with E-state index < -0.39 is 5.56 Å². The van der Waals surface area contributed by atoms with Gasteiger partial charge in [-0.2, -0.15) is 5.26 Å². The molecule has 124 valence electrons. The molecule has 0 saturated heterocycles. The normalized spacial score (nSPS) is 11.2. The Morgan fingerprint density at radius 3 is 2.54 bits per heavy atom. The van der Waals surface area contributed by atoms with Gasteiger partial charge in [0, 0.05) is 17.8 Å². The molecule has 5 nitrogen and oxygen atoms in total. The van der Waals surface area contributed by atoms with Crippen molar-refractivity contribution in [1.29, 1.82) is 5.26 Å². The number of halogens is 1. The van der Waals surface area contributed by atoms with Crippen molar-refractivity contribution in [2.75, 3.05) is 0 Å². The molecular formula is C18H18ClN3O2. The molecule has 1 aromatic carbocycles. The van der Waals surface area contributed by atoms with E-state index >= 15 is 0 Å². The third-order valence-electron chi connectivity index (χ3n) is 3.56. The Hall–Kier alpha value is -2.58. The van der Waals surface area contributed by atoms with E-state index in [9.17, 15) is 15.2 Å². The van der Waals surface area contributed by atoms with Crippen LogP contribution in [0.1, 0.15) is 30.5 Å². The van der Waals surface area contributed by atoms with Gasteiger partial charge in [-0.1, -0.05) is 25.4 Å². The Morgan fingerprint density at radius 2 is 2.00 bits per heavy atom. The predicted molar refractivity (Wildman–Crippen MR) is 95.4 cm³/mol. The van der Waals surface area contributed by atoms with Gasteiger partial charge in [-0.25, -0.2) is 0 Å². The molecule has 0 amide bonds. The van der Waals surface area contributed by atoms with Gasteiger partial charge in [0.15, 0.2) is 0 Å². The van der Waals surface area contributed by atoms with E-state index in [0.29, 0.717) is 28.4 Å². The highest BCUT2D eigenvalue weighted by atomic mass is 35.5. The SMILES string of the molecule is Cc1c(C=Nc2ccc(Cl)cc2)c(O)n(CC(C)C)c(=O)c1C#N. The Labute approximate surface area is 145 Å². The Kier molecular flexibility index (Phi) is 5.42. The molecule has 0 bridgehead atoms. The van der Waals surface area contributed by atoms with E-state index in [-0.39, 0.29) is 17.4 Å². The zero-order valence-electron chi connectivity index (χ0n) is 13.7. The summed E-state index contributed by atoms with van der Waals surface area (Å²) in [5.74, 6) is -0.0354. The topological polar surface area (TPSA) is 78.4 Å². The van der Waals surface area contributed by atoms with Crippen LogP contribution < -0.4 is 5.56 Å². The van der Waals surface area contributed by atoms with Gasteiger partial charge in [0.05, 0.1) is 11.3 Å². The second-order valence-corrected chi connectivity index (χ2v) is 6.33. The fourth-order valence-electron chi connectivity index (χ4n) is 2.33. The standard InChI is InChI=1S/C18H18ClN3O2/c1-11(2)10-22-17(23)15(8-20)12(3)16(18(22)24)9-21-14-6-4-13(19)5-7-14/h4-7,9,11,24H,10H2,1-3H3. The van der Waals surface area contributed by atoms with E-state index in [4.69, 9.17) is 11.6 Å². The Morgan fingerprint density at radius 1 is 1.38 bits per heavy atom. The summed E-state index contributed by atoms with van der Waals surface area (Å²) in [5, 5.41) is 20.4. The van der Waals surface area contributed by atoms with Crippen molar-refractivity contribution in [3.05, 3.63) is 56.3 Å². The molecule has 1 N–H and O–H groups in total. The fraction of sp³-hybridized carbons (Fsp3) is 0.278. The van der Waals surface area contributed by atoms with Crippen molar-refractivity contribution < 1.29 is 5.11 Å². The minimum Gasteiger partial charge on any atom is -0.494 e. The Bertz CT molecular complexity index is 875. The summed E-state index contributed by atoms with van der Waals surface area (Å²) in [4.78, 5) is 16.7. The van der Waals surface area contributed by atoms with E-state index in [0.717, 1.165) is 0 Å². The number of hydrogen-bond donors (Lipinski definition) is 1. The monoisotopic (exact) mass is 343 g/mol. The van der Waals surface area contributed by atoms with Crippen molar-refractivity contribution in [2.45, 2.75) is 27.3 Å². The second-order valence-electron chi connectivity index (χ2n) is 5.89. The maximum atomic E-state index is 12.4. The molecule has 0 fully saturated rings. The Balaban J connectivity index is 2.58. The lowest BCUT2D eigenvalue weighted by Crippen LogP contribution is -2.27. The molecule has 1 aromatic heterocycles. The van der Waals surface area contributed by atoms with Gasteiger partial charge >= 0.3 is 0 Å². The van der Waals surface area contributed by atoms with Gasteiger partial charge in [0.25, 0.3) is 5.56 Å². The first kappa shape index (κ1) is 17.8. The van der Waals surface area contributed by atoms with Gasteiger partial charge in [-0.15, -0.1) is 0 Å². The van der Waals surface area contributed by atoms with Gasteiger partial charge in [0.1, 0.15) is 11.6 Å². The van der Waals surface area contributed by atoms with Gasteiger partial charge < -0.3 is 5.11 Å². The molecule has 1 heterocycles. The summed E-state index contributed by atoms with van der Waals surface area (Å²) in [6, 6.07) is 8.82. The highest BCUT2D eigenvalue weighted by molar-refractivity contribution is 6.30. The van der Waals surface area contributed by atoms with Crippen molar-refractivity contribution >= 4 is 23.5 Å². The number of hydrogen-bond acceptors (Lipinski definition) is 4. The van der Waals surface area contributed by atoms with Gasteiger partial charge in [-0.05, 0) is 42.7 Å². The van der Waals surface area contributed by atoms with Crippen LogP contribution in [0.25, 0.3) is 0 Å². The molecule has 0 unspecified atom stereocenters. The summed E-state index contributed by atoms with van der Waals surface area (Å²) in [6.45, 7) is 5.81. The minimum atomic E-state index is -0.482. The molecule has 0 spiro atoms. The fourth-order valence-corrected chi connectivity index (χ4v) is 2.45. The van der Waals surface area contributed by atoms with Crippen LogP contribution in [-0.4, -0.2) is 15.9 Å². The number of pyridine rings is 1. The van der Waals surface area contributed by atoms with E-state index in [1.165, 1.54) is 10.8 Å². The maximum absolute atomic E-state index is 12.4. The number of nitrogens with zero attached hydrogens (tertiary/aromatic N) is 3. The van der Waals surface area contributed by atoms with Crippen molar-refractivity contribution in [2.24, 2.45) is 10.9 Å². The first-order valence-corrected chi connectivity index (χ1v) is 7.89. The molecule has 24 heavy (non-hydrogen) atoms. The molecular weight excluding hydrogens is 326 g/mol. The zero-order chi connectivity index (χ0) is 17.9. The van der Waals surface area contributed by atoms with Crippen LogP contribution in [0.2, 0.25) is 5.02 Å².